The molecular weight excluding hydrogens is 428 g/mol. The van der Waals surface area contributed by atoms with E-state index >= 15 is 0 Å². The molecule has 150 valence electrons. The molecule has 0 aromatic heterocycles. The SMILES string of the molecule is O=C1C(=O)N(c2cccc(Cl)c2F)C(c2ccc(Cl)cc2)C1C(=O)c1ccccc1. The Morgan fingerprint density at radius 2 is 1.53 bits per heavy atom. The lowest BCUT2D eigenvalue weighted by atomic mass is 9.86. The number of benzene rings is 3. The molecule has 4 nitrogen and oxygen atoms in total. The number of ketones is 2. The van der Waals surface area contributed by atoms with Crippen molar-refractivity contribution in [3.63, 3.8) is 0 Å². The number of Topliss-reactive ketones (excluding diaryl/α,β-unsaturated/α-hetero) is 2. The first-order chi connectivity index (χ1) is 14.4. The standard InChI is InChI=1S/C23H14Cl2FNO3/c24-15-11-9-13(10-12-15)20-18(21(28)14-5-2-1-3-6-14)22(29)23(30)27(20)17-8-4-7-16(25)19(17)26/h1-12,18,20H. The molecule has 0 N–H and O–H groups in total. The number of hydrogen-bond donors (Lipinski definition) is 0. The minimum Gasteiger partial charge on any atom is -0.294 e. The zero-order valence-electron chi connectivity index (χ0n) is 15.4. The maximum absolute atomic E-state index is 14.8. The predicted octanol–water partition coefficient (Wildman–Crippen LogP) is 5.29. The van der Waals surface area contributed by atoms with Gasteiger partial charge in [-0.3, -0.25) is 19.3 Å². The van der Waals surface area contributed by atoms with Gasteiger partial charge < -0.3 is 0 Å². The average molecular weight is 442 g/mol. The molecule has 1 amide bonds. The highest BCUT2D eigenvalue weighted by Crippen LogP contribution is 2.43. The van der Waals surface area contributed by atoms with Crippen molar-refractivity contribution in [2.24, 2.45) is 5.92 Å². The molecule has 0 spiro atoms. The number of nitrogens with zero attached hydrogens (tertiary/aromatic N) is 1. The number of carbonyl (C=O) groups is 3. The summed E-state index contributed by atoms with van der Waals surface area (Å²) in [6.45, 7) is 0. The number of carbonyl (C=O) groups excluding carboxylic acids is 3. The normalized spacial score (nSPS) is 18.7. The Labute approximate surface area is 181 Å². The van der Waals surface area contributed by atoms with Crippen LogP contribution in [0.2, 0.25) is 10.0 Å². The fourth-order valence-corrected chi connectivity index (χ4v) is 3.95. The predicted molar refractivity (Wildman–Crippen MR) is 112 cm³/mol. The van der Waals surface area contributed by atoms with Crippen LogP contribution in [0.4, 0.5) is 10.1 Å². The number of halogens is 3. The largest absolute Gasteiger partial charge is 0.295 e. The number of amides is 1. The van der Waals surface area contributed by atoms with E-state index in [0.29, 0.717) is 10.6 Å². The summed E-state index contributed by atoms with van der Waals surface area (Å²) in [6.07, 6.45) is 0. The van der Waals surface area contributed by atoms with Crippen LogP contribution in [0, 0.1) is 11.7 Å². The van der Waals surface area contributed by atoms with E-state index in [4.69, 9.17) is 23.2 Å². The van der Waals surface area contributed by atoms with Gasteiger partial charge in [-0.25, -0.2) is 4.39 Å². The zero-order valence-corrected chi connectivity index (χ0v) is 16.9. The van der Waals surface area contributed by atoms with Gasteiger partial charge in [-0.15, -0.1) is 0 Å². The molecule has 1 heterocycles. The Balaban J connectivity index is 1.90. The fraction of sp³-hybridized carbons (Fsp3) is 0.0870. The summed E-state index contributed by atoms with van der Waals surface area (Å²) in [4.78, 5) is 40.2. The first-order valence-electron chi connectivity index (χ1n) is 9.06. The Kier molecular flexibility index (Phi) is 5.41. The van der Waals surface area contributed by atoms with Gasteiger partial charge in [0.15, 0.2) is 11.6 Å². The first kappa shape index (κ1) is 20.3. The Bertz CT molecular complexity index is 1150. The third-order valence-electron chi connectivity index (χ3n) is 5.05. The topological polar surface area (TPSA) is 54.5 Å². The van der Waals surface area contributed by atoms with E-state index in [1.807, 2.05) is 0 Å². The highest BCUT2D eigenvalue weighted by Gasteiger charge is 2.52. The molecule has 30 heavy (non-hydrogen) atoms. The molecule has 1 aliphatic heterocycles. The molecule has 7 heteroatoms. The molecule has 1 fully saturated rings. The van der Waals surface area contributed by atoms with Gasteiger partial charge in [0, 0.05) is 10.6 Å². The second kappa shape index (κ2) is 8.01. The van der Waals surface area contributed by atoms with Gasteiger partial charge in [-0.2, -0.15) is 0 Å². The lowest BCUT2D eigenvalue weighted by Crippen LogP contribution is -2.31. The Hall–Kier alpha value is -3.02. The van der Waals surface area contributed by atoms with E-state index in [1.54, 1.807) is 54.6 Å². The van der Waals surface area contributed by atoms with E-state index in [1.165, 1.54) is 18.2 Å². The second-order valence-corrected chi connectivity index (χ2v) is 7.66. The van der Waals surface area contributed by atoms with Crippen molar-refractivity contribution < 1.29 is 18.8 Å². The van der Waals surface area contributed by atoms with Crippen molar-refractivity contribution in [2.75, 3.05) is 4.90 Å². The van der Waals surface area contributed by atoms with E-state index in [2.05, 4.69) is 0 Å². The second-order valence-electron chi connectivity index (χ2n) is 6.82. The maximum atomic E-state index is 14.8. The van der Waals surface area contributed by atoms with E-state index in [9.17, 15) is 18.8 Å². The van der Waals surface area contributed by atoms with Crippen LogP contribution < -0.4 is 4.90 Å². The van der Waals surface area contributed by atoms with Crippen LogP contribution >= 0.6 is 23.2 Å². The maximum Gasteiger partial charge on any atom is 0.295 e. The van der Waals surface area contributed by atoms with Crippen LogP contribution in [0.15, 0.2) is 72.8 Å². The average Bonchev–Trinajstić information content (AvgIpc) is 3.01. The molecule has 0 saturated carbocycles. The zero-order chi connectivity index (χ0) is 21.4. The van der Waals surface area contributed by atoms with Gasteiger partial charge in [-0.05, 0) is 29.8 Å². The lowest BCUT2D eigenvalue weighted by molar-refractivity contribution is -0.135. The number of rotatable bonds is 4. The van der Waals surface area contributed by atoms with Crippen LogP contribution in [-0.2, 0) is 9.59 Å². The summed E-state index contributed by atoms with van der Waals surface area (Å²) in [6, 6.07) is 17.7. The summed E-state index contributed by atoms with van der Waals surface area (Å²) in [7, 11) is 0. The van der Waals surface area contributed by atoms with Gasteiger partial charge in [0.1, 0.15) is 5.92 Å². The van der Waals surface area contributed by atoms with Crippen molar-refractivity contribution in [2.45, 2.75) is 6.04 Å². The van der Waals surface area contributed by atoms with Crippen LogP contribution in [-0.4, -0.2) is 17.5 Å². The fourth-order valence-electron chi connectivity index (χ4n) is 3.65. The summed E-state index contributed by atoms with van der Waals surface area (Å²) in [5.74, 6) is -4.56. The van der Waals surface area contributed by atoms with Crippen molar-refractivity contribution in [1.82, 2.24) is 0 Å². The molecule has 3 aromatic rings. The van der Waals surface area contributed by atoms with Gasteiger partial charge in [-0.1, -0.05) is 71.7 Å². The molecule has 2 atom stereocenters. The summed E-state index contributed by atoms with van der Waals surface area (Å²) in [5, 5.41) is 0.251. The summed E-state index contributed by atoms with van der Waals surface area (Å²) >= 11 is 11.9. The third-order valence-corrected chi connectivity index (χ3v) is 5.59. The monoisotopic (exact) mass is 441 g/mol. The Morgan fingerprint density at radius 3 is 2.20 bits per heavy atom. The molecule has 0 aliphatic carbocycles. The molecule has 1 saturated heterocycles. The summed E-state index contributed by atoms with van der Waals surface area (Å²) in [5.41, 5.74) is 0.604. The minimum atomic E-state index is -1.33. The molecule has 4 rings (SSSR count). The number of hydrogen-bond acceptors (Lipinski definition) is 3. The van der Waals surface area contributed by atoms with Crippen LogP contribution in [0.25, 0.3) is 0 Å². The molecule has 2 unspecified atom stereocenters. The smallest absolute Gasteiger partial charge is 0.294 e. The molecule has 0 radical (unpaired) electrons. The molecule has 1 aliphatic rings. The van der Waals surface area contributed by atoms with Gasteiger partial charge in [0.2, 0.25) is 5.78 Å². The Morgan fingerprint density at radius 1 is 0.867 bits per heavy atom. The number of anilines is 1. The third kappa shape index (κ3) is 3.40. The molecule has 0 bridgehead atoms. The van der Waals surface area contributed by atoms with Crippen LogP contribution in [0.5, 0.6) is 0 Å². The van der Waals surface area contributed by atoms with Gasteiger partial charge >= 0.3 is 0 Å². The highest BCUT2D eigenvalue weighted by atomic mass is 35.5. The van der Waals surface area contributed by atoms with Crippen molar-refractivity contribution >= 4 is 46.4 Å². The first-order valence-corrected chi connectivity index (χ1v) is 9.82. The van der Waals surface area contributed by atoms with Crippen molar-refractivity contribution in [3.05, 3.63) is 99.8 Å². The van der Waals surface area contributed by atoms with E-state index < -0.39 is 35.3 Å². The minimum absolute atomic E-state index is 0.163. The highest BCUT2D eigenvalue weighted by molar-refractivity contribution is 6.49. The van der Waals surface area contributed by atoms with Crippen molar-refractivity contribution in [3.8, 4) is 0 Å². The molecule has 3 aromatic carbocycles. The lowest BCUT2D eigenvalue weighted by Gasteiger charge is -2.27. The summed E-state index contributed by atoms with van der Waals surface area (Å²) < 4.78 is 14.8. The van der Waals surface area contributed by atoms with E-state index in [0.717, 1.165) is 4.90 Å². The van der Waals surface area contributed by atoms with Crippen molar-refractivity contribution in [1.29, 1.82) is 0 Å². The van der Waals surface area contributed by atoms with Gasteiger partial charge in [0.25, 0.3) is 5.91 Å². The molecular formula is C23H14Cl2FNO3. The quantitative estimate of drug-likeness (QED) is 0.314. The van der Waals surface area contributed by atoms with Crippen LogP contribution in [0.1, 0.15) is 22.0 Å². The van der Waals surface area contributed by atoms with Crippen LogP contribution in [0.3, 0.4) is 0 Å². The van der Waals surface area contributed by atoms with E-state index in [-0.39, 0.29) is 16.3 Å². The van der Waals surface area contributed by atoms with Gasteiger partial charge in [0.05, 0.1) is 16.8 Å².